The van der Waals surface area contributed by atoms with Crippen LogP contribution in [-0.2, 0) is 7.05 Å². The molecule has 0 saturated carbocycles. The number of hydrogen-bond acceptors (Lipinski definition) is 4. The van der Waals surface area contributed by atoms with Gasteiger partial charge in [-0.25, -0.2) is 0 Å². The molecule has 0 bridgehead atoms. The zero-order valence-corrected chi connectivity index (χ0v) is 8.73. The first-order valence-electron chi connectivity index (χ1n) is 4.87. The zero-order chi connectivity index (χ0) is 12.3. The molecule has 2 heterocycles. The SMILES string of the molecule is Cn1c(=O)c2cc3[nH]c(=O)c(=O)c3cc2c1=O. The fourth-order valence-corrected chi connectivity index (χ4v) is 2.00. The minimum absolute atomic E-state index is 0.144. The maximum atomic E-state index is 11.7. The molecule has 1 aromatic carbocycles. The summed E-state index contributed by atoms with van der Waals surface area (Å²) in [4.78, 5) is 48.3. The van der Waals surface area contributed by atoms with E-state index < -0.39 is 22.1 Å². The van der Waals surface area contributed by atoms with Gasteiger partial charge in [0.15, 0.2) is 0 Å². The molecule has 6 nitrogen and oxygen atoms in total. The molecule has 0 unspecified atom stereocenters. The van der Waals surface area contributed by atoms with Crippen LogP contribution in [0.1, 0.15) is 0 Å². The third-order valence-corrected chi connectivity index (χ3v) is 2.93. The molecule has 0 radical (unpaired) electrons. The fourth-order valence-electron chi connectivity index (χ4n) is 2.00. The molecule has 17 heavy (non-hydrogen) atoms. The van der Waals surface area contributed by atoms with Crippen LogP contribution in [0.3, 0.4) is 0 Å². The lowest BCUT2D eigenvalue weighted by Gasteiger charge is -1.87. The highest BCUT2D eigenvalue weighted by Gasteiger charge is 2.14. The second-order valence-electron chi connectivity index (χ2n) is 3.90. The second kappa shape index (κ2) is 2.79. The highest BCUT2D eigenvalue weighted by atomic mass is 16.2. The highest BCUT2D eigenvalue weighted by Crippen LogP contribution is 2.13. The van der Waals surface area contributed by atoms with E-state index in [1.165, 1.54) is 19.2 Å². The summed E-state index contributed by atoms with van der Waals surface area (Å²) >= 11 is 0. The topological polar surface area (TPSA) is 89.0 Å². The Morgan fingerprint density at radius 2 is 1.53 bits per heavy atom. The normalized spacial score (nSPS) is 11.6. The van der Waals surface area contributed by atoms with Crippen LogP contribution in [0.5, 0.6) is 0 Å². The summed E-state index contributed by atoms with van der Waals surface area (Å²) in [5.41, 5.74) is -2.02. The summed E-state index contributed by atoms with van der Waals surface area (Å²) in [7, 11) is 1.37. The van der Waals surface area contributed by atoms with Gasteiger partial charge in [0.2, 0.25) is 0 Å². The van der Waals surface area contributed by atoms with Gasteiger partial charge in [0, 0.05) is 7.05 Å². The number of hydrogen-bond donors (Lipinski definition) is 1. The van der Waals surface area contributed by atoms with Gasteiger partial charge >= 0.3 is 0 Å². The van der Waals surface area contributed by atoms with Crippen molar-refractivity contribution in [2.75, 3.05) is 0 Å². The number of aromatic amines is 1. The average molecular weight is 230 g/mol. The molecule has 84 valence electrons. The molecule has 0 atom stereocenters. The van der Waals surface area contributed by atoms with E-state index in [1.54, 1.807) is 0 Å². The van der Waals surface area contributed by atoms with E-state index in [1.807, 2.05) is 0 Å². The van der Waals surface area contributed by atoms with Crippen molar-refractivity contribution in [1.82, 2.24) is 9.55 Å². The summed E-state index contributed by atoms with van der Waals surface area (Å²) in [6.45, 7) is 0. The molecule has 0 aliphatic carbocycles. The van der Waals surface area contributed by atoms with E-state index in [-0.39, 0.29) is 21.7 Å². The molecule has 0 fully saturated rings. The molecular formula is C11H6N2O4. The number of nitrogens with zero attached hydrogens (tertiary/aromatic N) is 1. The first-order valence-corrected chi connectivity index (χ1v) is 4.87. The Bertz CT molecular complexity index is 967. The Balaban J connectivity index is 2.76. The van der Waals surface area contributed by atoms with Crippen molar-refractivity contribution in [1.29, 1.82) is 0 Å². The predicted molar refractivity (Wildman–Crippen MR) is 62.2 cm³/mol. The van der Waals surface area contributed by atoms with E-state index in [0.29, 0.717) is 0 Å². The molecule has 0 spiro atoms. The molecule has 2 aromatic heterocycles. The Hall–Kier alpha value is -2.50. The van der Waals surface area contributed by atoms with Crippen molar-refractivity contribution in [2.45, 2.75) is 0 Å². The first-order chi connectivity index (χ1) is 8.00. The number of H-pyrrole nitrogens is 1. The van der Waals surface area contributed by atoms with Gasteiger partial charge in [-0.3, -0.25) is 23.7 Å². The lowest BCUT2D eigenvalue weighted by atomic mass is 10.1. The third kappa shape index (κ3) is 1.04. The molecule has 6 heteroatoms. The Labute approximate surface area is 92.4 Å². The van der Waals surface area contributed by atoms with Crippen LogP contribution in [0.15, 0.2) is 31.3 Å². The van der Waals surface area contributed by atoms with Crippen molar-refractivity contribution >= 4 is 21.7 Å². The van der Waals surface area contributed by atoms with Crippen molar-refractivity contribution in [2.24, 2.45) is 7.05 Å². The van der Waals surface area contributed by atoms with E-state index in [2.05, 4.69) is 4.98 Å². The monoisotopic (exact) mass is 230 g/mol. The number of rotatable bonds is 0. The largest absolute Gasteiger partial charge is 0.318 e. The summed E-state index contributed by atoms with van der Waals surface area (Å²) in [6.07, 6.45) is 0. The van der Waals surface area contributed by atoms with E-state index in [9.17, 15) is 19.2 Å². The molecule has 0 aliphatic rings. The van der Waals surface area contributed by atoms with Gasteiger partial charge in [0.05, 0.1) is 21.7 Å². The van der Waals surface area contributed by atoms with Crippen LogP contribution < -0.4 is 22.1 Å². The Morgan fingerprint density at radius 1 is 0.941 bits per heavy atom. The number of fused-ring (bicyclic) bond motifs is 2. The van der Waals surface area contributed by atoms with Crippen molar-refractivity contribution in [3.05, 3.63) is 53.4 Å². The lowest BCUT2D eigenvalue weighted by Crippen LogP contribution is -2.21. The van der Waals surface area contributed by atoms with Crippen LogP contribution in [0, 0.1) is 0 Å². The molecule has 0 aliphatic heterocycles. The summed E-state index contributed by atoms with van der Waals surface area (Å²) in [5, 5.41) is 0.526. The quantitative estimate of drug-likeness (QED) is 0.500. The maximum absolute atomic E-state index is 11.7. The minimum Gasteiger partial charge on any atom is -0.318 e. The maximum Gasteiger partial charge on any atom is 0.296 e. The van der Waals surface area contributed by atoms with Gasteiger partial charge in [0.25, 0.3) is 22.1 Å². The molecular weight excluding hydrogens is 224 g/mol. The number of nitrogens with one attached hydrogen (secondary N) is 1. The van der Waals surface area contributed by atoms with Gasteiger partial charge in [-0.2, -0.15) is 0 Å². The molecule has 0 saturated heterocycles. The van der Waals surface area contributed by atoms with Gasteiger partial charge in [-0.1, -0.05) is 0 Å². The van der Waals surface area contributed by atoms with Crippen LogP contribution in [-0.4, -0.2) is 9.55 Å². The van der Waals surface area contributed by atoms with Gasteiger partial charge in [0.1, 0.15) is 0 Å². The molecule has 1 N–H and O–H groups in total. The smallest absolute Gasteiger partial charge is 0.296 e. The van der Waals surface area contributed by atoms with Crippen LogP contribution in [0.2, 0.25) is 0 Å². The van der Waals surface area contributed by atoms with Crippen molar-refractivity contribution in [3.8, 4) is 0 Å². The second-order valence-corrected chi connectivity index (χ2v) is 3.90. The third-order valence-electron chi connectivity index (χ3n) is 2.93. The summed E-state index contributed by atoms with van der Waals surface area (Å²) in [6, 6.07) is 2.67. The summed E-state index contributed by atoms with van der Waals surface area (Å²) in [5.74, 6) is 0. The van der Waals surface area contributed by atoms with E-state index in [0.717, 1.165) is 4.57 Å². The van der Waals surface area contributed by atoms with Gasteiger partial charge in [-0.05, 0) is 12.1 Å². The molecule has 3 rings (SSSR count). The van der Waals surface area contributed by atoms with Gasteiger partial charge < -0.3 is 4.98 Å². The summed E-state index contributed by atoms with van der Waals surface area (Å²) < 4.78 is 0.978. The van der Waals surface area contributed by atoms with Gasteiger partial charge in [-0.15, -0.1) is 0 Å². The van der Waals surface area contributed by atoms with Crippen molar-refractivity contribution < 1.29 is 0 Å². The minimum atomic E-state index is -0.739. The Kier molecular flexibility index (Phi) is 1.59. The lowest BCUT2D eigenvalue weighted by molar-refractivity contribution is 0.856. The van der Waals surface area contributed by atoms with Crippen LogP contribution in [0.25, 0.3) is 21.7 Å². The zero-order valence-electron chi connectivity index (χ0n) is 8.73. The van der Waals surface area contributed by atoms with Crippen LogP contribution >= 0.6 is 0 Å². The first kappa shape index (κ1) is 9.71. The molecule has 3 aromatic rings. The Morgan fingerprint density at radius 3 is 2.18 bits per heavy atom. The van der Waals surface area contributed by atoms with Crippen molar-refractivity contribution in [3.63, 3.8) is 0 Å². The molecule has 0 amide bonds. The van der Waals surface area contributed by atoms with Crippen LogP contribution in [0.4, 0.5) is 0 Å². The standard InChI is InChI=1S/C11H6N2O4/c1-13-10(16)4-2-6-7(3-5(4)11(13)17)12-9(15)8(6)14/h2-3H,1H3,(H,12,14,15). The highest BCUT2D eigenvalue weighted by molar-refractivity contribution is 5.96. The number of aromatic nitrogens is 2. The average Bonchev–Trinajstić information content (AvgIpc) is 2.70. The predicted octanol–water partition coefficient (Wildman–Crippen LogP) is -1.02. The van der Waals surface area contributed by atoms with E-state index >= 15 is 0 Å². The number of benzene rings is 1. The fraction of sp³-hybridized carbons (Fsp3) is 0.0909. The van der Waals surface area contributed by atoms with E-state index in [4.69, 9.17) is 0 Å².